The molecular formula is C33H32N3OS3+. The highest BCUT2D eigenvalue weighted by Gasteiger charge is 2.23. The van der Waals surface area contributed by atoms with Crippen molar-refractivity contribution in [2.45, 2.75) is 35.5 Å². The minimum Gasteiger partial charge on any atom is -0.338 e. The molecule has 0 saturated carbocycles. The van der Waals surface area contributed by atoms with Crippen molar-refractivity contribution in [3.8, 4) is 0 Å². The second-order valence-electron chi connectivity index (χ2n) is 10.1. The molecule has 4 aromatic rings. The van der Waals surface area contributed by atoms with Crippen molar-refractivity contribution >= 4 is 68.3 Å². The molecule has 0 spiro atoms. The second kappa shape index (κ2) is 11.7. The van der Waals surface area contributed by atoms with Crippen LogP contribution in [0, 0.1) is 0 Å². The summed E-state index contributed by atoms with van der Waals surface area (Å²) in [7, 11) is 6.32. The molecule has 6 rings (SSSR count). The lowest BCUT2D eigenvalue weighted by Gasteiger charge is -2.14. The van der Waals surface area contributed by atoms with Crippen molar-refractivity contribution < 1.29 is 9.36 Å². The summed E-state index contributed by atoms with van der Waals surface area (Å²) in [4.78, 5) is 19.8. The molecule has 0 bridgehead atoms. The number of rotatable bonds is 8. The summed E-state index contributed by atoms with van der Waals surface area (Å²) < 4.78 is 3.57. The quantitative estimate of drug-likeness (QED) is 0.118. The zero-order valence-corrected chi connectivity index (χ0v) is 25.4. The Labute approximate surface area is 248 Å². The molecule has 0 amide bonds. The molecule has 2 aliphatic rings. The molecule has 2 aliphatic heterocycles. The van der Waals surface area contributed by atoms with Crippen LogP contribution in [0.25, 0.3) is 16.3 Å². The smallest absolute Gasteiger partial charge is 0.262 e. The Hall–Kier alpha value is -3.26. The van der Waals surface area contributed by atoms with Gasteiger partial charge in [0.15, 0.2) is 5.78 Å². The fourth-order valence-electron chi connectivity index (χ4n) is 5.08. The van der Waals surface area contributed by atoms with Gasteiger partial charge in [-0.25, -0.2) is 0 Å². The molecule has 1 aromatic heterocycles. The molecule has 0 aliphatic carbocycles. The maximum Gasteiger partial charge on any atom is 0.262 e. The van der Waals surface area contributed by atoms with Crippen molar-refractivity contribution in [2.75, 3.05) is 23.9 Å². The van der Waals surface area contributed by atoms with E-state index in [-0.39, 0.29) is 5.78 Å². The largest absolute Gasteiger partial charge is 0.338 e. The van der Waals surface area contributed by atoms with E-state index in [2.05, 4.69) is 101 Å². The summed E-state index contributed by atoms with van der Waals surface area (Å²) in [5.74, 6) is 0.198. The lowest BCUT2D eigenvalue weighted by Crippen LogP contribution is -2.28. The highest BCUT2D eigenvalue weighted by molar-refractivity contribution is 8.04. The van der Waals surface area contributed by atoms with Crippen molar-refractivity contribution in [3.63, 3.8) is 0 Å². The number of hydrogen-bond acceptors (Lipinski definition) is 6. The van der Waals surface area contributed by atoms with E-state index in [1.165, 1.54) is 47.0 Å². The van der Waals surface area contributed by atoms with Crippen molar-refractivity contribution in [3.05, 3.63) is 106 Å². The van der Waals surface area contributed by atoms with Gasteiger partial charge in [0.1, 0.15) is 11.7 Å². The Morgan fingerprint density at radius 2 is 1.35 bits per heavy atom. The van der Waals surface area contributed by atoms with Crippen LogP contribution < -0.4 is 14.4 Å². The first-order valence-electron chi connectivity index (χ1n) is 13.5. The molecule has 0 unspecified atom stereocenters. The number of aromatic nitrogens is 1. The third-order valence-corrected chi connectivity index (χ3v) is 10.9. The summed E-state index contributed by atoms with van der Waals surface area (Å²) in [6.07, 6.45) is 9.81. The fourth-order valence-corrected chi connectivity index (χ4v) is 8.44. The number of nitrogens with zero attached hydrogens (tertiary/aromatic N) is 3. The SMILES string of the molecule is CN1/C(=C/C(=C/c2sc3ccccc3[n+]2C)CCCCC(=O)/C=C2/Sc3ccccc3N2C)Sc2ccccc21. The fraction of sp³-hybridized carbons (Fsp3) is 0.212. The topological polar surface area (TPSA) is 27.4 Å². The van der Waals surface area contributed by atoms with Gasteiger partial charge in [-0.05, 0) is 61.2 Å². The van der Waals surface area contributed by atoms with Crippen LogP contribution in [0.2, 0.25) is 0 Å². The van der Waals surface area contributed by atoms with Crippen LogP contribution in [-0.4, -0.2) is 19.9 Å². The molecule has 40 heavy (non-hydrogen) atoms. The Morgan fingerprint density at radius 1 is 0.775 bits per heavy atom. The zero-order valence-electron chi connectivity index (χ0n) is 23.0. The van der Waals surface area contributed by atoms with E-state index in [4.69, 9.17) is 0 Å². The molecule has 0 fully saturated rings. The first kappa shape index (κ1) is 26.9. The molecule has 3 aromatic carbocycles. The van der Waals surface area contributed by atoms with Crippen LogP contribution in [0.15, 0.2) is 110 Å². The summed E-state index contributed by atoms with van der Waals surface area (Å²) in [6, 6.07) is 25.4. The van der Waals surface area contributed by atoms with E-state index in [0.29, 0.717) is 6.42 Å². The highest BCUT2D eigenvalue weighted by Crippen LogP contribution is 2.46. The van der Waals surface area contributed by atoms with Gasteiger partial charge in [-0.1, -0.05) is 71.3 Å². The average Bonchev–Trinajstić information content (AvgIpc) is 3.57. The minimum absolute atomic E-state index is 0.198. The Bertz CT molecular complexity index is 1680. The number of unbranched alkanes of at least 4 members (excludes halogenated alkanes) is 1. The molecule has 0 atom stereocenters. The number of benzene rings is 3. The molecular weight excluding hydrogens is 551 g/mol. The third kappa shape index (κ3) is 5.51. The van der Waals surface area contributed by atoms with Gasteiger partial charge in [0, 0.05) is 48.5 Å². The maximum atomic E-state index is 12.9. The van der Waals surface area contributed by atoms with Crippen LogP contribution in [-0.2, 0) is 11.8 Å². The summed E-state index contributed by atoms with van der Waals surface area (Å²) in [5.41, 5.74) is 4.96. The van der Waals surface area contributed by atoms with Crippen LogP contribution in [0.5, 0.6) is 0 Å². The second-order valence-corrected chi connectivity index (χ2v) is 13.3. The average molecular weight is 583 g/mol. The number of aryl methyl sites for hydroxylation is 1. The molecule has 3 heterocycles. The van der Waals surface area contributed by atoms with E-state index in [1.807, 2.05) is 48.4 Å². The third-order valence-electron chi connectivity index (χ3n) is 7.36. The highest BCUT2D eigenvalue weighted by atomic mass is 32.2. The van der Waals surface area contributed by atoms with E-state index >= 15 is 0 Å². The molecule has 0 radical (unpaired) electrons. The lowest BCUT2D eigenvalue weighted by atomic mass is 10.1. The summed E-state index contributed by atoms with van der Waals surface area (Å²) in [6.45, 7) is 0. The Morgan fingerprint density at radius 3 is 2.00 bits per heavy atom. The van der Waals surface area contributed by atoms with Gasteiger partial charge in [-0.2, -0.15) is 4.57 Å². The predicted octanol–water partition coefficient (Wildman–Crippen LogP) is 8.41. The first-order valence-corrected chi connectivity index (χ1v) is 16.0. The number of fused-ring (bicyclic) bond motifs is 3. The van der Waals surface area contributed by atoms with E-state index < -0.39 is 0 Å². The minimum atomic E-state index is 0.198. The monoisotopic (exact) mass is 582 g/mol. The summed E-state index contributed by atoms with van der Waals surface area (Å²) in [5, 5.41) is 3.48. The van der Waals surface area contributed by atoms with Gasteiger partial charge in [-0.15, -0.1) is 0 Å². The predicted molar refractivity (Wildman–Crippen MR) is 172 cm³/mol. The number of allylic oxidation sites excluding steroid dienone is 3. The van der Waals surface area contributed by atoms with E-state index in [9.17, 15) is 4.79 Å². The standard InChI is InChI=1S/C33H32N3OS3/c1-34-25-14-6-9-17-28(25)38-31(34)20-23(21-32-35(2)26-15-7-10-18-29(26)39-32)12-4-5-13-24(37)22-33-36(3)27-16-8-11-19-30(27)40-33/h6-11,14-22H,4-5,12-13H2,1-3H3/q+1/b33-22+. The number of ketones is 1. The van der Waals surface area contributed by atoms with Gasteiger partial charge in [0.2, 0.25) is 5.52 Å². The Balaban J connectivity index is 1.17. The molecule has 202 valence electrons. The molecule has 4 nitrogen and oxygen atoms in total. The number of para-hydroxylation sites is 3. The van der Waals surface area contributed by atoms with Crippen LogP contribution in [0.1, 0.15) is 30.7 Å². The number of anilines is 2. The van der Waals surface area contributed by atoms with Crippen molar-refractivity contribution in [2.24, 2.45) is 7.05 Å². The molecule has 0 saturated heterocycles. The van der Waals surface area contributed by atoms with E-state index in [0.717, 1.165) is 24.3 Å². The maximum absolute atomic E-state index is 12.9. The lowest BCUT2D eigenvalue weighted by molar-refractivity contribution is -0.642. The molecule has 0 N–H and O–H groups in total. The normalized spacial score (nSPS) is 16.8. The number of carbonyl (C=O) groups excluding carboxylic acids is 1. The van der Waals surface area contributed by atoms with Gasteiger partial charge < -0.3 is 9.80 Å². The first-order chi connectivity index (χ1) is 19.5. The van der Waals surface area contributed by atoms with Crippen LogP contribution in [0.3, 0.4) is 0 Å². The van der Waals surface area contributed by atoms with Gasteiger partial charge in [0.25, 0.3) is 5.01 Å². The van der Waals surface area contributed by atoms with Gasteiger partial charge >= 0.3 is 0 Å². The number of thiazole rings is 1. The van der Waals surface area contributed by atoms with Crippen LogP contribution in [0.4, 0.5) is 11.4 Å². The number of hydrogen-bond donors (Lipinski definition) is 0. The van der Waals surface area contributed by atoms with Crippen LogP contribution >= 0.6 is 34.9 Å². The van der Waals surface area contributed by atoms with Gasteiger partial charge in [-0.3, -0.25) is 4.79 Å². The molecule has 7 heteroatoms. The number of carbonyl (C=O) groups is 1. The summed E-state index contributed by atoms with van der Waals surface area (Å²) >= 11 is 5.32. The van der Waals surface area contributed by atoms with Crippen molar-refractivity contribution in [1.29, 1.82) is 0 Å². The van der Waals surface area contributed by atoms with Crippen molar-refractivity contribution in [1.82, 2.24) is 0 Å². The number of thioether (sulfide) groups is 2. The van der Waals surface area contributed by atoms with E-state index in [1.54, 1.807) is 11.8 Å². The Kier molecular flexibility index (Phi) is 7.87. The zero-order chi connectivity index (χ0) is 27.6. The van der Waals surface area contributed by atoms with Gasteiger partial charge in [0.05, 0.1) is 21.4 Å².